The van der Waals surface area contributed by atoms with E-state index in [-0.39, 0.29) is 0 Å². The summed E-state index contributed by atoms with van der Waals surface area (Å²) in [5.74, 6) is 0. The fraction of sp³-hybridized carbons (Fsp3) is 0.0625. The van der Waals surface area contributed by atoms with Crippen LogP contribution in [0.5, 0.6) is 0 Å². The lowest BCUT2D eigenvalue weighted by molar-refractivity contribution is 0.664. The van der Waals surface area contributed by atoms with Crippen molar-refractivity contribution in [1.29, 1.82) is 0 Å². The normalized spacial score (nSPS) is 11.5. The average Bonchev–Trinajstić information content (AvgIpc) is 2.90. The van der Waals surface area contributed by atoms with Crippen molar-refractivity contribution < 1.29 is 0 Å². The molecule has 0 aliphatic carbocycles. The molecule has 0 aliphatic heterocycles. The van der Waals surface area contributed by atoms with Crippen molar-refractivity contribution in [2.45, 2.75) is 31.9 Å². The summed E-state index contributed by atoms with van der Waals surface area (Å²) < 4.78 is 0. The number of hydrogen-bond donors (Lipinski definition) is 4. The van der Waals surface area contributed by atoms with Crippen LogP contribution in [0.1, 0.15) is 23.6 Å². The average molecular weight is 539 g/mol. The van der Waals surface area contributed by atoms with Crippen LogP contribution in [-0.4, -0.2) is 0 Å². The quantitative estimate of drug-likeness (QED) is 0.124. The van der Waals surface area contributed by atoms with Gasteiger partial charge in [-0.1, -0.05) is 66.7 Å². The summed E-state index contributed by atoms with van der Waals surface area (Å²) in [6, 6.07) is 40.1. The summed E-state index contributed by atoms with van der Waals surface area (Å²) in [6.45, 7) is 2.27. The molecule has 0 atom stereocenters. The Balaban J connectivity index is 1.75. The Hall–Kier alpha value is -2.50. The third-order valence-corrected chi connectivity index (χ3v) is 8.20. The molecule has 0 saturated carbocycles. The topological polar surface area (TPSA) is 0 Å². The van der Waals surface area contributed by atoms with E-state index < -0.39 is 5.41 Å². The van der Waals surface area contributed by atoms with Gasteiger partial charge in [0.15, 0.2) is 0 Å². The van der Waals surface area contributed by atoms with E-state index in [2.05, 4.69) is 123 Å². The van der Waals surface area contributed by atoms with Gasteiger partial charge in [0.1, 0.15) is 0 Å². The van der Waals surface area contributed by atoms with Crippen molar-refractivity contribution in [2.24, 2.45) is 0 Å². The zero-order valence-corrected chi connectivity index (χ0v) is 23.3. The molecule has 0 bridgehead atoms. The molecule has 4 heteroatoms. The van der Waals surface area contributed by atoms with E-state index in [1.54, 1.807) is 0 Å². The van der Waals surface area contributed by atoms with Crippen molar-refractivity contribution in [3.8, 4) is 22.3 Å². The van der Waals surface area contributed by atoms with E-state index in [9.17, 15) is 0 Å². The van der Waals surface area contributed by atoms with Gasteiger partial charge in [-0.15, -0.1) is 50.5 Å². The summed E-state index contributed by atoms with van der Waals surface area (Å²) in [6.07, 6.45) is 0. The Morgan fingerprint density at radius 1 is 0.444 bits per heavy atom. The molecular formula is C32H26S4. The second-order valence-electron chi connectivity index (χ2n) is 9.05. The lowest BCUT2D eigenvalue weighted by atomic mass is 9.70. The highest BCUT2D eigenvalue weighted by molar-refractivity contribution is 7.80. The Kier molecular flexibility index (Phi) is 7.32. The molecule has 0 nitrogen and oxygen atoms in total. The zero-order chi connectivity index (χ0) is 25.3. The molecule has 5 aromatic carbocycles. The first-order valence-electron chi connectivity index (χ1n) is 11.7. The van der Waals surface area contributed by atoms with Crippen LogP contribution in [0.3, 0.4) is 0 Å². The molecule has 0 fully saturated rings. The highest BCUT2D eigenvalue weighted by Gasteiger charge is 2.35. The van der Waals surface area contributed by atoms with Gasteiger partial charge in [0.05, 0.1) is 0 Å². The van der Waals surface area contributed by atoms with Gasteiger partial charge in [0.2, 0.25) is 0 Å². The second-order valence-corrected chi connectivity index (χ2v) is 11.0. The predicted octanol–water partition coefficient (Wildman–Crippen LogP) is 9.53. The molecule has 178 valence electrons. The van der Waals surface area contributed by atoms with Gasteiger partial charge in [-0.25, -0.2) is 0 Å². The molecule has 0 N–H and O–H groups in total. The molecule has 0 heterocycles. The summed E-state index contributed by atoms with van der Waals surface area (Å²) in [5.41, 5.74) is 7.51. The van der Waals surface area contributed by atoms with E-state index in [1.807, 2.05) is 24.3 Å². The van der Waals surface area contributed by atoms with Crippen molar-refractivity contribution in [3.05, 3.63) is 132 Å². The molecule has 0 amide bonds. The lowest BCUT2D eigenvalue weighted by Gasteiger charge is -2.35. The van der Waals surface area contributed by atoms with Gasteiger partial charge < -0.3 is 0 Å². The third kappa shape index (κ3) is 4.88. The van der Waals surface area contributed by atoms with Gasteiger partial charge in [0, 0.05) is 25.0 Å². The highest BCUT2D eigenvalue weighted by atomic mass is 32.1. The smallest absolute Gasteiger partial charge is 0.0445 e. The Morgan fingerprint density at radius 3 is 1.25 bits per heavy atom. The first kappa shape index (κ1) is 25.2. The number of rotatable bonds is 5. The predicted molar refractivity (Wildman–Crippen MR) is 165 cm³/mol. The molecule has 0 spiro atoms. The maximum absolute atomic E-state index is 4.96. The lowest BCUT2D eigenvalue weighted by Crippen LogP contribution is -2.27. The number of benzene rings is 5. The molecule has 0 radical (unpaired) electrons. The number of hydrogen-bond acceptors (Lipinski definition) is 4. The zero-order valence-electron chi connectivity index (χ0n) is 19.8. The molecule has 0 aliphatic rings. The molecule has 0 unspecified atom stereocenters. The molecular weight excluding hydrogens is 513 g/mol. The van der Waals surface area contributed by atoms with Gasteiger partial charge in [-0.3, -0.25) is 0 Å². The van der Waals surface area contributed by atoms with Crippen molar-refractivity contribution in [2.75, 3.05) is 0 Å². The fourth-order valence-corrected chi connectivity index (χ4v) is 5.79. The van der Waals surface area contributed by atoms with Crippen LogP contribution in [0, 0.1) is 0 Å². The fourth-order valence-electron chi connectivity index (χ4n) is 4.77. The molecule has 0 aromatic heterocycles. The van der Waals surface area contributed by atoms with Crippen LogP contribution in [0.2, 0.25) is 0 Å². The minimum atomic E-state index is -0.492. The number of thiol groups is 4. The van der Waals surface area contributed by atoms with E-state index in [0.29, 0.717) is 0 Å². The van der Waals surface area contributed by atoms with Crippen molar-refractivity contribution in [3.63, 3.8) is 0 Å². The van der Waals surface area contributed by atoms with E-state index in [1.165, 1.54) is 5.56 Å². The van der Waals surface area contributed by atoms with Gasteiger partial charge in [-0.05, 0) is 94.4 Å². The van der Waals surface area contributed by atoms with Crippen LogP contribution in [0.25, 0.3) is 22.3 Å². The Labute approximate surface area is 235 Å². The molecule has 0 saturated heterocycles. The van der Waals surface area contributed by atoms with Gasteiger partial charge >= 0.3 is 0 Å². The SMILES string of the molecule is CC(c1ccccc1)(c1cc(-c2ccc(S)cc2)ccc1S)c1cc(-c2ccc(S)cc2)ccc1S. The standard InChI is InChI=1S/C32H26S4/c1-32(25-5-3-2-4-6-25,28-19-23(11-17-30(28)35)21-7-13-26(33)14-8-21)29-20-24(12-18-31(29)36)22-9-15-27(34)16-10-22/h2-20,33-36H,1H3. The largest absolute Gasteiger partial charge is 0.143 e. The molecule has 36 heavy (non-hydrogen) atoms. The third-order valence-electron chi connectivity index (χ3n) is 6.82. The Bertz CT molecular complexity index is 1410. The molecule has 5 aromatic rings. The second kappa shape index (κ2) is 10.5. The summed E-state index contributed by atoms with van der Waals surface area (Å²) >= 11 is 18.8. The van der Waals surface area contributed by atoms with Crippen LogP contribution in [0.15, 0.2) is 135 Å². The first-order valence-corrected chi connectivity index (χ1v) is 13.5. The van der Waals surface area contributed by atoms with Crippen molar-refractivity contribution >= 4 is 50.5 Å². The highest BCUT2D eigenvalue weighted by Crippen LogP contribution is 2.46. The van der Waals surface area contributed by atoms with Crippen LogP contribution < -0.4 is 0 Å². The molecule has 5 rings (SSSR count). The van der Waals surface area contributed by atoms with E-state index in [4.69, 9.17) is 25.3 Å². The maximum atomic E-state index is 4.96. The first-order chi connectivity index (χ1) is 17.4. The van der Waals surface area contributed by atoms with Crippen molar-refractivity contribution in [1.82, 2.24) is 0 Å². The minimum Gasteiger partial charge on any atom is -0.143 e. The van der Waals surface area contributed by atoms with Crippen LogP contribution in [-0.2, 0) is 5.41 Å². The maximum Gasteiger partial charge on any atom is 0.0445 e. The van der Waals surface area contributed by atoms with E-state index in [0.717, 1.165) is 53.0 Å². The van der Waals surface area contributed by atoms with E-state index >= 15 is 0 Å². The van der Waals surface area contributed by atoms with Gasteiger partial charge in [0.25, 0.3) is 0 Å². The summed E-state index contributed by atoms with van der Waals surface area (Å²) in [4.78, 5) is 3.77. The summed E-state index contributed by atoms with van der Waals surface area (Å²) in [5, 5.41) is 0. The monoisotopic (exact) mass is 538 g/mol. The van der Waals surface area contributed by atoms with Crippen LogP contribution in [0.4, 0.5) is 0 Å². The van der Waals surface area contributed by atoms with Gasteiger partial charge in [-0.2, -0.15) is 0 Å². The summed E-state index contributed by atoms with van der Waals surface area (Å²) in [7, 11) is 0. The minimum absolute atomic E-state index is 0.492. The van der Waals surface area contributed by atoms with Crippen LogP contribution >= 0.6 is 50.5 Å². The Morgan fingerprint density at radius 2 is 0.833 bits per heavy atom.